The largest absolute Gasteiger partial charge is 0.416 e. The quantitative estimate of drug-likeness (QED) is 0.275. The zero-order valence-corrected chi connectivity index (χ0v) is 26.9. The van der Waals surface area contributed by atoms with Crippen molar-refractivity contribution in [1.29, 1.82) is 0 Å². The molecule has 2 aliphatic heterocycles. The van der Waals surface area contributed by atoms with Crippen LogP contribution in [0.5, 0.6) is 0 Å². The second-order valence-corrected chi connectivity index (χ2v) is 18.6. The van der Waals surface area contributed by atoms with Crippen molar-refractivity contribution < 1.29 is 4.43 Å². The van der Waals surface area contributed by atoms with Crippen molar-refractivity contribution in [3.05, 3.63) is 58.9 Å². The molecule has 0 saturated carbocycles. The van der Waals surface area contributed by atoms with Crippen LogP contribution in [0.2, 0.25) is 18.1 Å². The van der Waals surface area contributed by atoms with Gasteiger partial charge in [-0.25, -0.2) is 4.99 Å². The highest BCUT2D eigenvalue weighted by molar-refractivity contribution is 6.74. The van der Waals surface area contributed by atoms with Crippen LogP contribution in [-0.2, 0) is 23.1 Å². The van der Waals surface area contributed by atoms with Gasteiger partial charge in [0.2, 0.25) is 0 Å². The Balaban J connectivity index is 1.62. The summed E-state index contributed by atoms with van der Waals surface area (Å²) in [6.45, 7) is 19.8. The summed E-state index contributed by atoms with van der Waals surface area (Å²) in [5, 5.41) is 3.33. The Morgan fingerprint density at radius 1 is 1.07 bits per heavy atom. The van der Waals surface area contributed by atoms with Crippen molar-refractivity contribution in [3.63, 3.8) is 0 Å². The number of rotatable bonds is 11. The van der Waals surface area contributed by atoms with E-state index in [9.17, 15) is 0 Å². The maximum atomic E-state index is 7.37. The summed E-state index contributed by atoms with van der Waals surface area (Å²) in [6, 6.07) is 11.1. The zero-order valence-electron chi connectivity index (χ0n) is 25.9. The highest BCUT2D eigenvalue weighted by atomic mass is 28.4. The molecule has 0 amide bonds. The number of guanidine groups is 1. The molecular weight excluding hydrogens is 512 g/mol. The van der Waals surface area contributed by atoms with Gasteiger partial charge in [0.15, 0.2) is 14.3 Å². The van der Waals surface area contributed by atoms with Crippen LogP contribution >= 0.6 is 0 Å². The fourth-order valence-electron chi connectivity index (χ4n) is 5.55. The first-order chi connectivity index (χ1) is 18.8. The van der Waals surface area contributed by atoms with E-state index in [0.29, 0.717) is 12.6 Å². The van der Waals surface area contributed by atoms with Gasteiger partial charge in [-0.2, -0.15) is 0 Å². The Bertz CT molecular complexity index is 1180. The van der Waals surface area contributed by atoms with E-state index in [1.54, 1.807) is 0 Å². The van der Waals surface area contributed by atoms with Crippen LogP contribution in [-0.4, -0.2) is 43.9 Å². The molecule has 4 rings (SSSR count). The number of nitrogens with zero attached hydrogens (tertiary/aromatic N) is 3. The minimum atomic E-state index is -2.00. The monoisotopic (exact) mass is 564 g/mol. The number of unbranched alkanes of at least 4 members (excludes halogenated alkanes) is 1. The number of fused-ring (bicyclic) bond motifs is 1. The molecule has 40 heavy (non-hydrogen) atoms. The number of hydrogen-bond donors (Lipinski definition) is 3. The average molecular weight is 565 g/mol. The second kappa shape index (κ2) is 11.9. The zero-order chi connectivity index (χ0) is 29.2. The number of pyridine rings is 1. The van der Waals surface area contributed by atoms with Gasteiger partial charge < -0.3 is 21.2 Å². The normalized spacial score (nSPS) is 21.4. The molecule has 0 aliphatic carbocycles. The van der Waals surface area contributed by atoms with E-state index in [1.807, 2.05) is 6.20 Å². The van der Waals surface area contributed by atoms with Crippen LogP contribution in [0.1, 0.15) is 89.1 Å². The Labute approximate surface area is 243 Å². The summed E-state index contributed by atoms with van der Waals surface area (Å²) in [5.41, 5.74) is 17.6. The van der Waals surface area contributed by atoms with Crippen molar-refractivity contribution >= 4 is 20.0 Å². The molecule has 220 valence electrons. The molecule has 5 N–H and O–H groups in total. The molecule has 3 heterocycles. The molecule has 2 unspecified atom stereocenters. The molecule has 1 aromatic heterocycles. The molecule has 1 saturated heterocycles. The molecule has 8 heteroatoms. The standard InChI is InChI=1S/C32H52N6OSi/c1-8-9-16-31(5,23-39-40(6,7)30(2,3)4)32(34)27-20-26(35-21-28(27)36-29(33)37-32)19-24-12-14-25(15-13-24)22-38-17-10-11-18-38/h12-15,20-21H,8-11,16-19,22-23,34H2,1-7H3,(H3,33,36,37). The maximum absolute atomic E-state index is 7.37. The van der Waals surface area contributed by atoms with Crippen molar-refractivity contribution in [2.24, 2.45) is 21.9 Å². The highest BCUT2D eigenvalue weighted by Gasteiger charge is 2.51. The van der Waals surface area contributed by atoms with Crippen LogP contribution in [0.3, 0.4) is 0 Å². The third kappa shape index (κ3) is 6.62. The number of benzene rings is 1. The van der Waals surface area contributed by atoms with E-state index in [-0.39, 0.29) is 5.04 Å². The van der Waals surface area contributed by atoms with Crippen LogP contribution in [0.25, 0.3) is 0 Å². The number of hydrogen-bond acceptors (Lipinski definition) is 7. The third-order valence-electron chi connectivity index (χ3n) is 9.50. The lowest BCUT2D eigenvalue weighted by Gasteiger charge is -2.48. The first kappa shape index (κ1) is 30.7. The van der Waals surface area contributed by atoms with Gasteiger partial charge in [-0.1, -0.05) is 71.7 Å². The number of likely N-dealkylation sites (tertiary alicyclic amines) is 1. The first-order valence-corrected chi connectivity index (χ1v) is 18.0. The molecule has 2 atom stereocenters. The predicted octanol–water partition coefficient (Wildman–Crippen LogP) is 6.34. The average Bonchev–Trinajstić information content (AvgIpc) is 3.40. The lowest BCUT2D eigenvalue weighted by Crippen LogP contribution is -2.57. The number of aliphatic imine (C=N–C) groups is 1. The summed E-state index contributed by atoms with van der Waals surface area (Å²) in [6.07, 6.45) is 8.23. The molecule has 2 aliphatic rings. The molecule has 7 nitrogen and oxygen atoms in total. The molecule has 0 bridgehead atoms. The minimum absolute atomic E-state index is 0.107. The summed E-state index contributed by atoms with van der Waals surface area (Å²) in [5.74, 6) is 0.327. The lowest BCUT2D eigenvalue weighted by molar-refractivity contribution is 0.0518. The Kier molecular flexibility index (Phi) is 9.15. The van der Waals surface area contributed by atoms with Gasteiger partial charge in [0.05, 0.1) is 11.9 Å². The molecule has 1 fully saturated rings. The summed E-state index contributed by atoms with van der Waals surface area (Å²) >= 11 is 0. The Morgan fingerprint density at radius 2 is 1.73 bits per heavy atom. The fourth-order valence-corrected chi connectivity index (χ4v) is 6.67. The minimum Gasteiger partial charge on any atom is -0.416 e. The number of nitrogens with one attached hydrogen (secondary N) is 1. The van der Waals surface area contributed by atoms with Gasteiger partial charge in [-0.05, 0) is 67.7 Å². The summed E-state index contributed by atoms with van der Waals surface area (Å²) in [7, 11) is -2.00. The van der Waals surface area contributed by atoms with E-state index in [1.165, 1.54) is 37.1 Å². The Hall–Kier alpha value is -2.26. The van der Waals surface area contributed by atoms with Crippen LogP contribution < -0.4 is 16.8 Å². The van der Waals surface area contributed by atoms with Gasteiger partial charge in [0.1, 0.15) is 5.66 Å². The van der Waals surface area contributed by atoms with Gasteiger partial charge in [0.25, 0.3) is 0 Å². The van der Waals surface area contributed by atoms with Crippen LogP contribution in [0.4, 0.5) is 5.69 Å². The van der Waals surface area contributed by atoms with Gasteiger partial charge >= 0.3 is 0 Å². The topological polar surface area (TPSA) is 102 Å². The summed E-state index contributed by atoms with van der Waals surface area (Å²) < 4.78 is 6.82. The van der Waals surface area contributed by atoms with Crippen molar-refractivity contribution in [3.8, 4) is 0 Å². The Morgan fingerprint density at radius 3 is 2.35 bits per heavy atom. The van der Waals surface area contributed by atoms with Crippen LogP contribution in [0.15, 0.2) is 41.5 Å². The first-order valence-electron chi connectivity index (χ1n) is 15.1. The third-order valence-corrected chi connectivity index (χ3v) is 14.0. The number of nitrogens with two attached hydrogens (primary N) is 2. The van der Waals surface area contributed by atoms with Crippen molar-refractivity contribution in [2.45, 2.75) is 103 Å². The molecular formula is C32H52N6OSi. The second-order valence-electron chi connectivity index (χ2n) is 13.8. The van der Waals surface area contributed by atoms with Gasteiger partial charge in [-0.15, -0.1) is 0 Å². The molecule has 2 aromatic rings. The molecule has 0 spiro atoms. The van der Waals surface area contributed by atoms with E-state index >= 15 is 0 Å². The van der Waals surface area contributed by atoms with E-state index in [0.717, 1.165) is 49.2 Å². The maximum Gasteiger partial charge on any atom is 0.195 e. The van der Waals surface area contributed by atoms with E-state index in [2.05, 4.69) is 88.3 Å². The molecule has 1 aromatic carbocycles. The molecule has 0 radical (unpaired) electrons. The lowest BCUT2D eigenvalue weighted by atomic mass is 9.70. The predicted molar refractivity (Wildman–Crippen MR) is 170 cm³/mol. The fraction of sp³-hybridized carbons (Fsp3) is 0.625. The van der Waals surface area contributed by atoms with Crippen molar-refractivity contribution in [2.75, 3.05) is 25.0 Å². The number of anilines is 1. The summed E-state index contributed by atoms with van der Waals surface area (Å²) in [4.78, 5) is 12.2. The van der Waals surface area contributed by atoms with E-state index in [4.69, 9.17) is 25.9 Å². The van der Waals surface area contributed by atoms with Crippen LogP contribution in [0, 0.1) is 5.41 Å². The highest BCUT2D eigenvalue weighted by Crippen LogP contribution is 2.48. The van der Waals surface area contributed by atoms with Crippen molar-refractivity contribution in [1.82, 2.24) is 9.88 Å². The van der Waals surface area contributed by atoms with Gasteiger partial charge in [0, 0.05) is 36.2 Å². The van der Waals surface area contributed by atoms with Gasteiger partial charge in [-0.3, -0.25) is 9.88 Å². The number of aromatic nitrogens is 1. The smallest absolute Gasteiger partial charge is 0.195 e. The SMILES string of the molecule is CCCCC(C)(CO[Si](C)(C)C(C)(C)C)C1(N)N=C(N)Nc2cnc(Cc3ccc(CN4CCCC4)cc3)cc21. The van der Waals surface area contributed by atoms with E-state index < -0.39 is 19.4 Å².